The van der Waals surface area contributed by atoms with Gasteiger partial charge in [0.25, 0.3) is 5.91 Å². The molecule has 3 N–H and O–H groups in total. The maximum Gasteiger partial charge on any atom is 0.310 e. The molecule has 2 aromatic carbocycles. The fourth-order valence-electron chi connectivity index (χ4n) is 2.21. The van der Waals surface area contributed by atoms with Crippen LogP contribution in [-0.4, -0.2) is 33.4 Å². The molecule has 2 rings (SSSR count). The Kier molecular flexibility index (Phi) is 7.03. The molecule has 2 aromatic rings. The molecule has 0 saturated heterocycles. The van der Waals surface area contributed by atoms with Crippen molar-refractivity contribution in [3.8, 4) is 0 Å². The summed E-state index contributed by atoms with van der Waals surface area (Å²) in [6.07, 6.45) is 0.421. The van der Waals surface area contributed by atoms with Gasteiger partial charge in [-0.05, 0) is 41.8 Å². The standard InChI is InChI=1S/C18H19FN2O5S/c19-15-5-1-14(2-6-15)11-18(23)26-12-17(22)21-10-9-13-3-7-16(8-4-13)27(20,24)25/h1-8H,9-12H2,(H,21,22)(H2,20,24,25). The first kappa shape index (κ1) is 20.5. The van der Waals surface area contributed by atoms with Gasteiger partial charge >= 0.3 is 5.97 Å². The van der Waals surface area contributed by atoms with Crippen molar-refractivity contribution < 1.29 is 27.1 Å². The molecule has 27 heavy (non-hydrogen) atoms. The van der Waals surface area contributed by atoms with Crippen LogP contribution in [0, 0.1) is 5.82 Å². The third-order valence-corrected chi connectivity index (χ3v) is 4.54. The van der Waals surface area contributed by atoms with Gasteiger partial charge in [0.2, 0.25) is 10.0 Å². The highest BCUT2D eigenvalue weighted by atomic mass is 32.2. The van der Waals surface area contributed by atoms with Crippen molar-refractivity contribution in [2.45, 2.75) is 17.7 Å². The van der Waals surface area contributed by atoms with Gasteiger partial charge in [0.1, 0.15) is 5.82 Å². The van der Waals surface area contributed by atoms with Gasteiger partial charge in [-0.3, -0.25) is 9.59 Å². The van der Waals surface area contributed by atoms with Crippen molar-refractivity contribution in [2.24, 2.45) is 5.14 Å². The van der Waals surface area contributed by atoms with Crippen LogP contribution < -0.4 is 10.5 Å². The van der Waals surface area contributed by atoms with Crippen LogP contribution in [0.4, 0.5) is 4.39 Å². The third kappa shape index (κ3) is 7.16. The molecule has 0 fully saturated rings. The Morgan fingerprint density at radius 3 is 2.19 bits per heavy atom. The number of amides is 1. The van der Waals surface area contributed by atoms with E-state index in [0.717, 1.165) is 5.56 Å². The molecule has 0 saturated carbocycles. The highest BCUT2D eigenvalue weighted by Gasteiger charge is 2.09. The van der Waals surface area contributed by atoms with Crippen LogP contribution in [0.3, 0.4) is 0 Å². The Labute approximate surface area is 156 Å². The van der Waals surface area contributed by atoms with E-state index in [0.29, 0.717) is 18.5 Å². The van der Waals surface area contributed by atoms with Crippen LogP contribution in [0.5, 0.6) is 0 Å². The van der Waals surface area contributed by atoms with Crippen molar-refractivity contribution in [3.63, 3.8) is 0 Å². The Balaban J connectivity index is 1.68. The topological polar surface area (TPSA) is 116 Å². The van der Waals surface area contributed by atoms with E-state index in [9.17, 15) is 22.4 Å². The number of nitrogens with two attached hydrogens (primary N) is 1. The minimum atomic E-state index is -3.73. The van der Waals surface area contributed by atoms with Crippen molar-refractivity contribution in [2.75, 3.05) is 13.2 Å². The molecule has 0 aliphatic heterocycles. The number of carbonyl (C=O) groups excluding carboxylic acids is 2. The maximum absolute atomic E-state index is 12.8. The molecule has 0 aliphatic carbocycles. The number of carbonyl (C=O) groups is 2. The van der Waals surface area contributed by atoms with Crippen LogP contribution in [0.2, 0.25) is 0 Å². The van der Waals surface area contributed by atoms with Crippen molar-refractivity contribution >= 4 is 21.9 Å². The van der Waals surface area contributed by atoms with Crippen molar-refractivity contribution in [3.05, 3.63) is 65.5 Å². The minimum Gasteiger partial charge on any atom is -0.455 e. The van der Waals surface area contributed by atoms with E-state index in [-0.39, 0.29) is 11.3 Å². The number of hydrogen-bond acceptors (Lipinski definition) is 5. The number of benzene rings is 2. The molecule has 0 radical (unpaired) electrons. The van der Waals surface area contributed by atoms with E-state index in [1.54, 1.807) is 12.1 Å². The fraction of sp³-hybridized carbons (Fsp3) is 0.222. The largest absolute Gasteiger partial charge is 0.455 e. The Morgan fingerprint density at radius 1 is 1.00 bits per heavy atom. The normalized spacial score (nSPS) is 11.0. The molecule has 0 bridgehead atoms. The Hall–Kier alpha value is -2.78. The summed E-state index contributed by atoms with van der Waals surface area (Å²) in [6.45, 7) is -0.118. The number of primary sulfonamides is 1. The van der Waals surface area contributed by atoms with Crippen molar-refractivity contribution in [1.29, 1.82) is 0 Å². The molecule has 144 valence electrons. The van der Waals surface area contributed by atoms with Crippen LogP contribution in [0.15, 0.2) is 53.4 Å². The molecule has 0 heterocycles. The zero-order valence-electron chi connectivity index (χ0n) is 14.4. The van der Waals surface area contributed by atoms with Crippen LogP contribution in [0.1, 0.15) is 11.1 Å². The van der Waals surface area contributed by atoms with E-state index in [2.05, 4.69) is 5.32 Å². The molecule has 1 amide bonds. The first-order chi connectivity index (χ1) is 12.7. The van der Waals surface area contributed by atoms with E-state index in [1.165, 1.54) is 36.4 Å². The zero-order chi connectivity index (χ0) is 19.9. The summed E-state index contributed by atoms with van der Waals surface area (Å²) in [7, 11) is -3.73. The molecular formula is C18H19FN2O5S. The van der Waals surface area contributed by atoms with Gasteiger partial charge in [-0.15, -0.1) is 0 Å². The smallest absolute Gasteiger partial charge is 0.310 e. The lowest BCUT2D eigenvalue weighted by atomic mass is 10.1. The van der Waals surface area contributed by atoms with Crippen molar-refractivity contribution in [1.82, 2.24) is 5.32 Å². The van der Waals surface area contributed by atoms with Gasteiger partial charge in [-0.1, -0.05) is 24.3 Å². The third-order valence-electron chi connectivity index (χ3n) is 3.61. The summed E-state index contributed by atoms with van der Waals surface area (Å²) in [4.78, 5) is 23.4. The van der Waals surface area contributed by atoms with E-state index in [4.69, 9.17) is 9.88 Å². The van der Waals surface area contributed by atoms with Crippen LogP contribution in [-0.2, 0) is 37.2 Å². The Morgan fingerprint density at radius 2 is 1.59 bits per heavy atom. The number of rotatable bonds is 8. The van der Waals surface area contributed by atoms with E-state index in [1.807, 2.05) is 0 Å². The summed E-state index contributed by atoms with van der Waals surface area (Å²) < 4.78 is 40.0. The SMILES string of the molecule is NS(=O)(=O)c1ccc(CCNC(=O)COC(=O)Cc2ccc(F)cc2)cc1. The number of sulfonamides is 1. The summed E-state index contributed by atoms with van der Waals surface area (Å²) in [5.41, 5.74) is 1.40. The van der Waals surface area contributed by atoms with Gasteiger partial charge in [0.05, 0.1) is 11.3 Å². The van der Waals surface area contributed by atoms with Gasteiger partial charge in [-0.2, -0.15) is 0 Å². The quantitative estimate of drug-likeness (QED) is 0.646. The first-order valence-electron chi connectivity index (χ1n) is 8.02. The summed E-state index contributed by atoms with van der Waals surface area (Å²) in [6, 6.07) is 11.4. The lowest BCUT2D eigenvalue weighted by Gasteiger charge is -2.07. The van der Waals surface area contributed by atoms with Gasteiger partial charge in [0, 0.05) is 6.54 Å². The van der Waals surface area contributed by atoms with Gasteiger partial charge in [-0.25, -0.2) is 17.9 Å². The predicted octanol–water partition coefficient (Wildman–Crippen LogP) is 0.918. The average molecular weight is 394 g/mol. The number of esters is 1. The Bertz CT molecular complexity index is 896. The second-order valence-electron chi connectivity index (χ2n) is 5.75. The molecule has 0 aliphatic rings. The summed E-state index contributed by atoms with van der Waals surface area (Å²) >= 11 is 0. The molecule has 0 spiro atoms. The van der Waals surface area contributed by atoms with E-state index >= 15 is 0 Å². The first-order valence-corrected chi connectivity index (χ1v) is 9.57. The predicted molar refractivity (Wildman–Crippen MR) is 95.6 cm³/mol. The minimum absolute atomic E-state index is 0.0170. The summed E-state index contributed by atoms with van der Waals surface area (Å²) in [5.74, 6) is -1.44. The average Bonchev–Trinajstić information content (AvgIpc) is 2.62. The lowest BCUT2D eigenvalue weighted by Crippen LogP contribution is -2.30. The second kappa shape index (κ2) is 9.24. The molecule has 0 unspecified atom stereocenters. The second-order valence-corrected chi connectivity index (χ2v) is 7.31. The van der Waals surface area contributed by atoms with E-state index < -0.39 is 34.3 Å². The molecule has 9 heteroatoms. The monoisotopic (exact) mass is 394 g/mol. The van der Waals surface area contributed by atoms with Gasteiger partial charge in [0.15, 0.2) is 6.61 Å². The van der Waals surface area contributed by atoms with Crippen LogP contribution >= 0.6 is 0 Å². The number of halogens is 1. The number of ether oxygens (including phenoxy) is 1. The maximum atomic E-state index is 12.8. The highest BCUT2D eigenvalue weighted by molar-refractivity contribution is 7.89. The summed E-state index contributed by atoms with van der Waals surface area (Å²) in [5, 5.41) is 7.61. The van der Waals surface area contributed by atoms with Crippen LogP contribution in [0.25, 0.3) is 0 Å². The molecule has 7 nitrogen and oxygen atoms in total. The highest BCUT2D eigenvalue weighted by Crippen LogP contribution is 2.09. The molecule has 0 atom stereocenters. The molecule has 0 aromatic heterocycles. The van der Waals surface area contributed by atoms with Gasteiger partial charge < -0.3 is 10.1 Å². The number of hydrogen-bond donors (Lipinski definition) is 2. The fourth-order valence-corrected chi connectivity index (χ4v) is 2.72. The number of nitrogens with one attached hydrogen (secondary N) is 1. The zero-order valence-corrected chi connectivity index (χ0v) is 15.2. The lowest BCUT2D eigenvalue weighted by molar-refractivity contribution is -0.147. The molecular weight excluding hydrogens is 375 g/mol.